The van der Waals surface area contributed by atoms with Gasteiger partial charge in [0.25, 0.3) is 5.91 Å². The van der Waals surface area contributed by atoms with Crippen molar-refractivity contribution in [1.82, 2.24) is 5.32 Å². The lowest BCUT2D eigenvalue weighted by atomic mass is 10.2. The number of benzene rings is 1. The molecule has 0 bridgehead atoms. The van der Waals surface area contributed by atoms with E-state index in [1.807, 2.05) is 26.0 Å². The van der Waals surface area contributed by atoms with E-state index >= 15 is 0 Å². The summed E-state index contributed by atoms with van der Waals surface area (Å²) >= 11 is 0. The van der Waals surface area contributed by atoms with Gasteiger partial charge in [0.1, 0.15) is 11.8 Å². The van der Waals surface area contributed by atoms with Gasteiger partial charge in [-0.1, -0.05) is 31.0 Å². The largest absolute Gasteiger partial charge is 0.484 e. The summed E-state index contributed by atoms with van der Waals surface area (Å²) in [6.45, 7) is 3.64. The van der Waals surface area contributed by atoms with Gasteiger partial charge in [0.15, 0.2) is 6.61 Å². The molecule has 1 unspecified atom stereocenters. The first-order chi connectivity index (χ1) is 9.02. The maximum Gasteiger partial charge on any atom is 0.326 e. The third kappa shape index (κ3) is 5.42. The van der Waals surface area contributed by atoms with Crippen LogP contribution in [0, 0.1) is 6.92 Å². The first-order valence-electron chi connectivity index (χ1n) is 6.24. The second-order valence-electron chi connectivity index (χ2n) is 4.35. The molecule has 1 atom stereocenters. The SMILES string of the molecule is CCCC(NC(=O)COc1ccc(C)cc1)C(=O)O. The lowest BCUT2D eigenvalue weighted by Gasteiger charge is -2.13. The van der Waals surface area contributed by atoms with Crippen molar-refractivity contribution in [2.75, 3.05) is 6.61 Å². The van der Waals surface area contributed by atoms with Crippen molar-refractivity contribution < 1.29 is 19.4 Å². The Kier molecular flexibility index (Phi) is 5.85. The number of aryl methyl sites for hydroxylation is 1. The summed E-state index contributed by atoms with van der Waals surface area (Å²) in [5, 5.41) is 11.3. The summed E-state index contributed by atoms with van der Waals surface area (Å²) in [7, 11) is 0. The first kappa shape index (κ1) is 15.0. The Hall–Kier alpha value is -2.04. The summed E-state index contributed by atoms with van der Waals surface area (Å²) in [5.41, 5.74) is 1.10. The van der Waals surface area contributed by atoms with Gasteiger partial charge >= 0.3 is 5.97 Å². The maximum absolute atomic E-state index is 11.6. The van der Waals surface area contributed by atoms with Crippen LogP contribution in [0.4, 0.5) is 0 Å². The highest BCUT2D eigenvalue weighted by Crippen LogP contribution is 2.11. The number of carboxylic acid groups (broad SMARTS) is 1. The second-order valence-corrected chi connectivity index (χ2v) is 4.35. The zero-order chi connectivity index (χ0) is 14.3. The van der Waals surface area contributed by atoms with Crippen LogP contribution in [0.15, 0.2) is 24.3 Å². The summed E-state index contributed by atoms with van der Waals surface area (Å²) in [5.74, 6) is -0.866. The Bertz CT molecular complexity index is 428. The fourth-order valence-corrected chi connectivity index (χ4v) is 1.57. The number of carbonyl (C=O) groups is 2. The molecular weight excluding hydrogens is 246 g/mol. The van der Waals surface area contributed by atoms with Crippen molar-refractivity contribution in [2.45, 2.75) is 32.7 Å². The highest BCUT2D eigenvalue weighted by atomic mass is 16.5. The summed E-state index contributed by atoms with van der Waals surface area (Å²) < 4.78 is 5.28. The van der Waals surface area contributed by atoms with Crippen molar-refractivity contribution in [1.29, 1.82) is 0 Å². The lowest BCUT2D eigenvalue weighted by Crippen LogP contribution is -2.42. The van der Waals surface area contributed by atoms with E-state index in [1.165, 1.54) is 0 Å². The Labute approximate surface area is 112 Å². The van der Waals surface area contributed by atoms with Crippen LogP contribution in [-0.2, 0) is 9.59 Å². The molecule has 0 radical (unpaired) electrons. The lowest BCUT2D eigenvalue weighted by molar-refractivity contribution is -0.142. The predicted octanol–water partition coefficient (Wildman–Crippen LogP) is 1.74. The number of aliphatic carboxylic acids is 1. The monoisotopic (exact) mass is 265 g/mol. The minimum Gasteiger partial charge on any atom is -0.484 e. The van der Waals surface area contributed by atoms with Gasteiger partial charge in [-0.25, -0.2) is 4.79 Å². The third-order valence-corrected chi connectivity index (χ3v) is 2.60. The van der Waals surface area contributed by atoms with E-state index in [1.54, 1.807) is 12.1 Å². The zero-order valence-electron chi connectivity index (χ0n) is 11.2. The molecule has 0 aliphatic carbocycles. The molecule has 5 heteroatoms. The van der Waals surface area contributed by atoms with Crippen LogP contribution in [0.1, 0.15) is 25.3 Å². The molecule has 0 saturated carbocycles. The highest BCUT2D eigenvalue weighted by molar-refractivity contribution is 5.84. The standard InChI is InChI=1S/C14H19NO4/c1-3-4-12(14(17)18)15-13(16)9-19-11-7-5-10(2)6-8-11/h5-8,12H,3-4,9H2,1-2H3,(H,15,16)(H,17,18). The average molecular weight is 265 g/mol. The van der Waals surface area contributed by atoms with E-state index in [0.29, 0.717) is 18.6 Å². The molecule has 1 aromatic carbocycles. The molecule has 2 N–H and O–H groups in total. The smallest absolute Gasteiger partial charge is 0.326 e. The van der Waals surface area contributed by atoms with Gasteiger partial charge < -0.3 is 15.2 Å². The number of hydrogen-bond donors (Lipinski definition) is 2. The number of rotatable bonds is 7. The van der Waals surface area contributed by atoms with Gasteiger partial charge in [-0.2, -0.15) is 0 Å². The van der Waals surface area contributed by atoms with Crippen molar-refractivity contribution in [3.05, 3.63) is 29.8 Å². The van der Waals surface area contributed by atoms with Gasteiger partial charge in [-0.3, -0.25) is 4.79 Å². The number of amides is 1. The molecule has 0 aliphatic rings. The minimum atomic E-state index is -1.02. The number of carboxylic acids is 1. The minimum absolute atomic E-state index is 0.184. The molecule has 0 aromatic heterocycles. The molecule has 19 heavy (non-hydrogen) atoms. The maximum atomic E-state index is 11.6. The van der Waals surface area contributed by atoms with E-state index in [0.717, 1.165) is 5.56 Å². The van der Waals surface area contributed by atoms with Crippen LogP contribution >= 0.6 is 0 Å². The van der Waals surface area contributed by atoms with Gasteiger partial charge in [0.05, 0.1) is 0 Å². The Morgan fingerprint density at radius 2 is 1.95 bits per heavy atom. The molecule has 1 amide bonds. The topological polar surface area (TPSA) is 75.6 Å². The molecular formula is C14H19NO4. The quantitative estimate of drug-likeness (QED) is 0.787. The molecule has 1 rings (SSSR count). The first-order valence-corrected chi connectivity index (χ1v) is 6.24. The fraction of sp³-hybridized carbons (Fsp3) is 0.429. The van der Waals surface area contributed by atoms with Crippen LogP contribution in [0.2, 0.25) is 0 Å². The Morgan fingerprint density at radius 3 is 2.47 bits per heavy atom. The van der Waals surface area contributed by atoms with Crippen molar-refractivity contribution in [3.63, 3.8) is 0 Å². The number of hydrogen-bond acceptors (Lipinski definition) is 3. The van der Waals surface area contributed by atoms with Crippen LogP contribution < -0.4 is 10.1 Å². The van der Waals surface area contributed by atoms with Gasteiger partial charge in [0.2, 0.25) is 0 Å². The number of carbonyl (C=O) groups excluding carboxylic acids is 1. The second kappa shape index (κ2) is 7.41. The average Bonchev–Trinajstić information content (AvgIpc) is 2.37. The van der Waals surface area contributed by atoms with Crippen molar-refractivity contribution in [2.24, 2.45) is 0 Å². The van der Waals surface area contributed by atoms with Crippen LogP contribution in [-0.4, -0.2) is 29.6 Å². The van der Waals surface area contributed by atoms with E-state index in [4.69, 9.17) is 9.84 Å². The molecule has 0 saturated heterocycles. The summed E-state index contributed by atoms with van der Waals surface area (Å²) in [6.07, 6.45) is 1.10. The Morgan fingerprint density at radius 1 is 1.32 bits per heavy atom. The third-order valence-electron chi connectivity index (χ3n) is 2.60. The Balaban J connectivity index is 2.42. The number of ether oxygens (including phenoxy) is 1. The van der Waals surface area contributed by atoms with Gasteiger partial charge in [-0.15, -0.1) is 0 Å². The summed E-state index contributed by atoms with van der Waals surface area (Å²) in [6, 6.07) is 6.45. The zero-order valence-corrected chi connectivity index (χ0v) is 11.2. The molecule has 0 spiro atoms. The molecule has 0 aliphatic heterocycles. The predicted molar refractivity (Wildman–Crippen MR) is 71.1 cm³/mol. The molecule has 5 nitrogen and oxygen atoms in total. The van der Waals surface area contributed by atoms with Gasteiger partial charge in [-0.05, 0) is 25.5 Å². The molecule has 1 aromatic rings. The van der Waals surface area contributed by atoms with Crippen molar-refractivity contribution >= 4 is 11.9 Å². The van der Waals surface area contributed by atoms with Gasteiger partial charge in [0, 0.05) is 0 Å². The molecule has 104 valence electrons. The number of nitrogens with one attached hydrogen (secondary N) is 1. The summed E-state index contributed by atoms with van der Waals surface area (Å²) in [4.78, 5) is 22.5. The van der Waals surface area contributed by atoms with E-state index in [-0.39, 0.29) is 6.61 Å². The van der Waals surface area contributed by atoms with E-state index in [9.17, 15) is 9.59 Å². The van der Waals surface area contributed by atoms with E-state index in [2.05, 4.69) is 5.32 Å². The van der Waals surface area contributed by atoms with E-state index < -0.39 is 17.9 Å². The van der Waals surface area contributed by atoms with Crippen molar-refractivity contribution in [3.8, 4) is 5.75 Å². The normalized spacial score (nSPS) is 11.7. The molecule has 0 heterocycles. The molecule has 0 fully saturated rings. The van der Waals surface area contributed by atoms with Crippen LogP contribution in [0.5, 0.6) is 5.75 Å². The van der Waals surface area contributed by atoms with Crippen LogP contribution in [0.3, 0.4) is 0 Å². The fourth-order valence-electron chi connectivity index (χ4n) is 1.57. The van der Waals surface area contributed by atoms with Crippen LogP contribution in [0.25, 0.3) is 0 Å². The highest BCUT2D eigenvalue weighted by Gasteiger charge is 2.18.